The molecule has 2 aromatic rings. The largest absolute Gasteiger partial charge is 0.174 e. The van der Waals surface area contributed by atoms with Gasteiger partial charge in [-0.1, -0.05) is 29.9 Å². The van der Waals surface area contributed by atoms with E-state index in [4.69, 9.17) is 7.85 Å². The van der Waals surface area contributed by atoms with E-state index in [0.29, 0.717) is 5.46 Å². The Kier molecular flexibility index (Phi) is 1.89. The molecule has 0 aliphatic heterocycles. The number of aromatic nitrogens is 2. The van der Waals surface area contributed by atoms with Crippen LogP contribution >= 0.6 is 11.7 Å². The van der Waals surface area contributed by atoms with Crippen molar-refractivity contribution in [3.63, 3.8) is 0 Å². The van der Waals surface area contributed by atoms with Crippen LogP contribution in [0.5, 0.6) is 0 Å². The second-order valence-corrected chi connectivity index (χ2v) is 3.02. The Morgan fingerprint density at radius 1 is 1.33 bits per heavy atom. The summed E-state index contributed by atoms with van der Waals surface area (Å²) in [6.07, 6.45) is 0. The van der Waals surface area contributed by atoms with E-state index in [-0.39, 0.29) is 0 Å². The Labute approximate surface area is 77.0 Å². The van der Waals surface area contributed by atoms with Crippen molar-refractivity contribution in [3.8, 4) is 0 Å². The highest BCUT2D eigenvalue weighted by molar-refractivity contribution is 7.00. The highest BCUT2D eigenvalue weighted by Crippen LogP contribution is 2.04. The van der Waals surface area contributed by atoms with Crippen molar-refractivity contribution in [1.82, 2.24) is 8.75 Å². The molecule has 55 valence electrons. The fraction of sp³-hybridized carbons (Fsp3) is 0.143. The third kappa shape index (κ3) is 1.05. The lowest BCUT2D eigenvalue weighted by Gasteiger charge is -1.98. The third-order valence-electron chi connectivity index (χ3n) is 1.79. The van der Waals surface area contributed by atoms with Crippen molar-refractivity contribution >= 4 is 48.8 Å². The second-order valence-electron chi connectivity index (χ2n) is 2.49. The summed E-state index contributed by atoms with van der Waals surface area (Å²) in [5.41, 5.74) is 3.51. The minimum Gasteiger partial charge on any atom is -0.174 e. The van der Waals surface area contributed by atoms with Gasteiger partial charge in [0, 0.05) is 0 Å². The van der Waals surface area contributed by atoms with Crippen molar-refractivity contribution in [2.45, 2.75) is 6.82 Å². The van der Waals surface area contributed by atoms with E-state index >= 15 is 0 Å². The van der Waals surface area contributed by atoms with E-state index in [1.807, 2.05) is 26.2 Å². The lowest BCUT2D eigenvalue weighted by atomic mass is 9.71. The van der Waals surface area contributed by atoms with Crippen molar-refractivity contribution in [2.75, 3.05) is 0 Å². The predicted octanol–water partition coefficient (Wildman–Crippen LogP) is -0.137. The number of nitrogens with zero attached hydrogens (tertiary/aromatic N) is 2. The van der Waals surface area contributed by atoms with Gasteiger partial charge in [0.15, 0.2) is 7.28 Å². The molecule has 2 nitrogen and oxygen atoms in total. The summed E-state index contributed by atoms with van der Waals surface area (Å²) >= 11 is 1.20. The van der Waals surface area contributed by atoms with Crippen LogP contribution in [-0.4, -0.2) is 23.9 Å². The maximum atomic E-state index is 5.71. The number of rotatable bonds is 1. The van der Waals surface area contributed by atoms with Crippen LogP contribution in [0.3, 0.4) is 0 Å². The Morgan fingerprint density at radius 2 is 2.08 bits per heavy atom. The molecule has 0 unspecified atom stereocenters. The molecule has 0 aliphatic rings. The van der Waals surface area contributed by atoms with Gasteiger partial charge in [0.05, 0.1) is 22.8 Å². The Bertz CT molecular complexity index is 413. The maximum absolute atomic E-state index is 5.71. The van der Waals surface area contributed by atoms with E-state index in [9.17, 15) is 0 Å². The standard InChI is InChI=1S/C7H5B2N2S/c1-9-5-3-2-4(8)6-7(5)11-12-10-6/h2-3H,1H3. The highest BCUT2D eigenvalue weighted by Gasteiger charge is 2.05. The zero-order valence-corrected chi connectivity index (χ0v) is 7.43. The van der Waals surface area contributed by atoms with Crippen LogP contribution in [0.1, 0.15) is 0 Å². The quantitative estimate of drug-likeness (QED) is 0.558. The van der Waals surface area contributed by atoms with Crippen LogP contribution in [0.25, 0.3) is 11.0 Å². The van der Waals surface area contributed by atoms with Crippen molar-refractivity contribution < 1.29 is 0 Å². The summed E-state index contributed by atoms with van der Waals surface area (Å²) in [7, 11) is 7.72. The zero-order chi connectivity index (χ0) is 8.55. The molecular weight excluding hydrogens is 166 g/mol. The molecule has 5 heteroatoms. The maximum Gasteiger partial charge on any atom is 0.151 e. The van der Waals surface area contributed by atoms with Gasteiger partial charge in [0.2, 0.25) is 0 Å². The zero-order valence-electron chi connectivity index (χ0n) is 6.61. The molecule has 0 aliphatic carbocycles. The smallest absolute Gasteiger partial charge is 0.151 e. The van der Waals surface area contributed by atoms with Gasteiger partial charge in [-0.2, -0.15) is 8.75 Å². The second kappa shape index (κ2) is 2.90. The van der Waals surface area contributed by atoms with E-state index in [0.717, 1.165) is 16.5 Å². The number of fused-ring (bicyclic) bond motifs is 1. The van der Waals surface area contributed by atoms with Gasteiger partial charge in [-0.05, 0) is 0 Å². The molecule has 2 rings (SSSR count). The van der Waals surface area contributed by atoms with Gasteiger partial charge in [0.25, 0.3) is 0 Å². The van der Waals surface area contributed by atoms with E-state index in [1.54, 1.807) is 0 Å². The van der Waals surface area contributed by atoms with Crippen molar-refractivity contribution in [2.24, 2.45) is 0 Å². The SMILES string of the molecule is [B]c1ccc([B]C)c2nsnc12. The predicted molar refractivity (Wildman–Crippen MR) is 54.1 cm³/mol. The Hall–Kier alpha value is -0.830. The normalized spacial score (nSPS) is 10.4. The topological polar surface area (TPSA) is 25.8 Å². The van der Waals surface area contributed by atoms with Crippen LogP contribution in [0.2, 0.25) is 6.82 Å². The van der Waals surface area contributed by atoms with Crippen LogP contribution in [0.4, 0.5) is 0 Å². The molecule has 3 radical (unpaired) electrons. The van der Waals surface area contributed by atoms with Gasteiger partial charge in [-0.25, -0.2) is 0 Å². The van der Waals surface area contributed by atoms with Crippen LogP contribution in [-0.2, 0) is 0 Å². The molecule has 0 amide bonds. The molecule has 0 saturated carbocycles. The first-order valence-electron chi connectivity index (χ1n) is 3.63. The summed E-state index contributed by atoms with van der Waals surface area (Å²) in [4.78, 5) is 0. The molecule has 0 fully saturated rings. The molecule has 12 heavy (non-hydrogen) atoms. The van der Waals surface area contributed by atoms with E-state index < -0.39 is 0 Å². The number of benzene rings is 1. The Balaban J connectivity index is 2.82. The minimum atomic E-state index is 0.698. The van der Waals surface area contributed by atoms with E-state index in [1.165, 1.54) is 11.7 Å². The summed E-state index contributed by atoms with van der Waals surface area (Å²) < 4.78 is 8.28. The molecule has 1 aromatic carbocycles. The fourth-order valence-corrected chi connectivity index (χ4v) is 1.73. The minimum absolute atomic E-state index is 0.698. The van der Waals surface area contributed by atoms with Gasteiger partial charge in [-0.3, -0.25) is 0 Å². The van der Waals surface area contributed by atoms with E-state index in [2.05, 4.69) is 8.75 Å². The number of hydrogen-bond acceptors (Lipinski definition) is 3. The molecule has 0 bridgehead atoms. The first-order valence-corrected chi connectivity index (χ1v) is 4.36. The first-order chi connectivity index (χ1) is 5.83. The van der Waals surface area contributed by atoms with Crippen LogP contribution < -0.4 is 10.9 Å². The lowest BCUT2D eigenvalue weighted by molar-refractivity contribution is 1.69. The van der Waals surface area contributed by atoms with Crippen LogP contribution in [0, 0.1) is 0 Å². The summed E-state index contributed by atoms with van der Waals surface area (Å²) in [6, 6.07) is 3.82. The average Bonchev–Trinajstić information content (AvgIpc) is 2.54. The highest BCUT2D eigenvalue weighted by atomic mass is 32.1. The molecule has 0 atom stereocenters. The van der Waals surface area contributed by atoms with Crippen LogP contribution in [0.15, 0.2) is 12.1 Å². The third-order valence-corrected chi connectivity index (χ3v) is 2.32. The van der Waals surface area contributed by atoms with Gasteiger partial charge < -0.3 is 0 Å². The summed E-state index contributed by atoms with van der Waals surface area (Å²) in [6.45, 7) is 1.98. The fourth-order valence-electron chi connectivity index (χ4n) is 1.14. The molecule has 0 N–H and O–H groups in total. The molecule has 0 spiro atoms. The van der Waals surface area contributed by atoms with Gasteiger partial charge >= 0.3 is 0 Å². The summed E-state index contributed by atoms with van der Waals surface area (Å²) in [5, 5.41) is 0. The first kappa shape index (κ1) is 7.80. The lowest BCUT2D eigenvalue weighted by Crippen LogP contribution is -2.17. The molecule has 1 aromatic heterocycles. The van der Waals surface area contributed by atoms with Crippen molar-refractivity contribution in [1.29, 1.82) is 0 Å². The molecule has 0 saturated heterocycles. The molecule has 1 heterocycles. The molecular formula is C7H5B2N2S. The summed E-state index contributed by atoms with van der Waals surface area (Å²) in [5.74, 6) is 0. The average molecular weight is 171 g/mol. The van der Waals surface area contributed by atoms with Crippen molar-refractivity contribution in [3.05, 3.63) is 12.1 Å². The van der Waals surface area contributed by atoms with Gasteiger partial charge in [0.1, 0.15) is 7.85 Å². The van der Waals surface area contributed by atoms with Gasteiger partial charge in [-0.15, -0.1) is 0 Å². The monoisotopic (exact) mass is 171 g/mol. The Morgan fingerprint density at radius 3 is 2.83 bits per heavy atom. The number of hydrogen-bond donors (Lipinski definition) is 0.